The molecule has 73 heavy (non-hydrogen) atoms. The van der Waals surface area contributed by atoms with Crippen molar-refractivity contribution in [3.63, 3.8) is 0 Å². The zero-order chi connectivity index (χ0) is 56.3. The number of hydrogen-bond acceptors (Lipinski definition) is 17. The van der Waals surface area contributed by atoms with Crippen LogP contribution in [0.4, 0.5) is 0 Å². The molecule has 9 atom stereocenters. The zero-order valence-corrected chi connectivity index (χ0v) is 39.6. The van der Waals surface area contributed by atoms with Crippen molar-refractivity contribution in [2.24, 2.45) is 11.5 Å². The van der Waals surface area contributed by atoms with Crippen LogP contribution in [0.3, 0.4) is 0 Å². The Kier molecular flexibility index (Phi) is 28.6. The summed E-state index contributed by atoms with van der Waals surface area (Å²) in [4.78, 5) is 199. The molecule has 408 valence electrons. The number of carbonyl (C=O) groups is 16. The quantitative estimate of drug-likeness (QED) is 0.0277. The molecule has 0 aromatic heterocycles. The van der Waals surface area contributed by atoms with E-state index < -0.39 is 226 Å². The third-order valence-corrected chi connectivity index (χ3v) is 9.86. The molecule has 19 N–H and O–H groups in total. The standard InChI is InChI=1S/C40H61N11O22/c1-16(32(42)65)43-34(67)20(5-10-27(55)56)47-37(70)22(7-12-29(59)60)48-36(69)21(6-11-28(57)58)46-33(66)17(2)44-35(68)19(4-9-26(41)54)49-39(72)24(14-31(63)64)51-38(71)23(8-13-30(61)62)50-40(73)25(15-52)45-18(3)53/h16-17,19-25,52H,4-15H2,1-3H3,(H2,41,54)(H2,42,65)(H,43,67)(H,44,68)(H,45,53)(H,46,66)(H,47,70)(H,48,69)(H,49,72)(H,50,73)(H,51,71)(H,55,56)(H,57,58)(H,59,60)(H,61,62)(H,63,64)/t16-,17-,19-,20-,21-,22-,23-,24-,25-/m1/s1. The molecular weight excluding hydrogens is 986 g/mol. The summed E-state index contributed by atoms with van der Waals surface area (Å²) < 4.78 is 0. The average molecular weight is 1050 g/mol. The van der Waals surface area contributed by atoms with E-state index in [1.807, 2.05) is 5.32 Å². The number of aliphatic hydroxyl groups is 1. The van der Waals surface area contributed by atoms with Gasteiger partial charge in [0.2, 0.25) is 65.0 Å². The van der Waals surface area contributed by atoms with E-state index in [1.165, 1.54) is 6.92 Å². The summed E-state index contributed by atoms with van der Waals surface area (Å²) in [5.41, 5.74) is 10.4. The molecule has 33 heteroatoms. The summed E-state index contributed by atoms with van der Waals surface area (Å²) in [5, 5.41) is 75.0. The lowest BCUT2D eigenvalue weighted by atomic mass is 10.0. The highest BCUT2D eigenvalue weighted by molar-refractivity contribution is 5.99. The van der Waals surface area contributed by atoms with Crippen molar-refractivity contribution in [2.45, 2.75) is 146 Å². The first kappa shape index (κ1) is 64.5. The number of aliphatic hydroxyl groups excluding tert-OH is 1. The smallest absolute Gasteiger partial charge is 0.305 e. The minimum absolute atomic E-state index is 0.584. The highest BCUT2D eigenvalue weighted by Gasteiger charge is 2.35. The van der Waals surface area contributed by atoms with Gasteiger partial charge in [0.25, 0.3) is 0 Å². The Bertz CT molecular complexity index is 2100. The van der Waals surface area contributed by atoms with Crippen LogP contribution in [0, 0.1) is 0 Å². The lowest BCUT2D eigenvalue weighted by Crippen LogP contribution is -2.60. The minimum atomic E-state index is -2.11. The van der Waals surface area contributed by atoms with Crippen molar-refractivity contribution in [3.05, 3.63) is 0 Å². The number of carbonyl (C=O) groups excluding carboxylic acids is 11. The van der Waals surface area contributed by atoms with Gasteiger partial charge in [0.1, 0.15) is 54.4 Å². The number of carboxylic acids is 5. The molecule has 11 amide bonds. The first-order valence-electron chi connectivity index (χ1n) is 21.9. The highest BCUT2D eigenvalue weighted by atomic mass is 16.4. The average Bonchev–Trinajstić information content (AvgIpc) is 3.28. The number of nitrogens with two attached hydrogens (primary N) is 2. The molecule has 0 heterocycles. The van der Waals surface area contributed by atoms with Crippen LogP contribution in [0.25, 0.3) is 0 Å². The maximum atomic E-state index is 13.6. The molecule has 0 aliphatic rings. The summed E-state index contributed by atoms with van der Waals surface area (Å²) >= 11 is 0. The molecule has 0 spiro atoms. The van der Waals surface area contributed by atoms with E-state index in [9.17, 15) is 102 Å². The first-order valence-corrected chi connectivity index (χ1v) is 21.9. The van der Waals surface area contributed by atoms with Gasteiger partial charge in [-0.2, -0.15) is 0 Å². The van der Waals surface area contributed by atoms with E-state index in [-0.39, 0.29) is 0 Å². The second-order valence-corrected chi connectivity index (χ2v) is 16.0. The van der Waals surface area contributed by atoms with Gasteiger partial charge in [0, 0.05) is 39.0 Å². The fourth-order valence-corrected chi connectivity index (χ4v) is 5.95. The third kappa shape index (κ3) is 26.9. The van der Waals surface area contributed by atoms with Crippen molar-refractivity contribution in [2.75, 3.05) is 6.61 Å². The zero-order valence-electron chi connectivity index (χ0n) is 39.6. The normalized spacial score (nSPS) is 14.4. The molecular formula is C40H61N11O22. The van der Waals surface area contributed by atoms with E-state index in [0.29, 0.717) is 0 Å². The Labute approximate surface area is 413 Å². The molecule has 0 rings (SSSR count). The predicted molar refractivity (Wildman–Crippen MR) is 239 cm³/mol. The Morgan fingerprint density at radius 3 is 0.918 bits per heavy atom. The van der Waals surface area contributed by atoms with Crippen LogP contribution < -0.4 is 59.3 Å². The molecule has 0 aliphatic heterocycles. The summed E-state index contributed by atoms with van der Waals surface area (Å²) in [6.45, 7) is 2.17. The third-order valence-electron chi connectivity index (χ3n) is 9.86. The molecule has 0 saturated heterocycles. The van der Waals surface area contributed by atoms with Crippen LogP contribution in [0.1, 0.15) is 91.4 Å². The van der Waals surface area contributed by atoms with Crippen LogP contribution >= 0.6 is 0 Å². The molecule has 0 aliphatic carbocycles. The molecule has 0 unspecified atom stereocenters. The number of aliphatic carboxylic acids is 5. The van der Waals surface area contributed by atoms with E-state index >= 15 is 0 Å². The van der Waals surface area contributed by atoms with Gasteiger partial charge in [-0.1, -0.05) is 0 Å². The van der Waals surface area contributed by atoms with Gasteiger partial charge < -0.3 is 90.0 Å². The predicted octanol–water partition coefficient (Wildman–Crippen LogP) is -7.91. The monoisotopic (exact) mass is 1050 g/mol. The summed E-state index contributed by atoms with van der Waals surface area (Å²) in [7, 11) is 0. The summed E-state index contributed by atoms with van der Waals surface area (Å²) in [5.74, 6) is -20.7. The van der Waals surface area contributed by atoms with E-state index in [2.05, 4.69) is 42.5 Å². The Morgan fingerprint density at radius 1 is 0.356 bits per heavy atom. The number of hydrogen-bond donors (Lipinski definition) is 17. The van der Waals surface area contributed by atoms with Gasteiger partial charge in [-0.05, 0) is 46.0 Å². The van der Waals surface area contributed by atoms with Crippen molar-refractivity contribution in [1.29, 1.82) is 0 Å². The van der Waals surface area contributed by atoms with Crippen LogP contribution in [0.15, 0.2) is 0 Å². The molecule has 0 radical (unpaired) electrons. The first-order chi connectivity index (χ1) is 33.9. The van der Waals surface area contributed by atoms with Crippen LogP contribution in [-0.2, 0) is 76.7 Å². The lowest BCUT2D eigenvalue weighted by molar-refractivity contribution is -0.142. The molecule has 0 fully saturated rings. The number of rotatable bonds is 36. The van der Waals surface area contributed by atoms with Crippen LogP contribution in [0.5, 0.6) is 0 Å². The fourth-order valence-electron chi connectivity index (χ4n) is 5.95. The molecule has 0 aromatic carbocycles. The van der Waals surface area contributed by atoms with Gasteiger partial charge in [-0.25, -0.2) is 0 Å². The van der Waals surface area contributed by atoms with Gasteiger partial charge in [-0.15, -0.1) is 0 Å². The number of carboxylic acid groups (broad SMARTS) is 5. The van der Waals surface area contributed by atoms with Gasteiger partial charge >= 0.3 is 29.8 Å². The van der Waals surface area contributed by atoms with Crippen molar-refractivity contribution in [1.82, 2.24) is 47.9 Å². The summed E-state index contributed by atoms with van der Waals surface area (Å²) in [6.07, 6.45) is -8.34. The number of amides is 11. The van der Waals surface area contributed by atoms with E-state index in [0.717, 1.165) is 13.8 Å². The van der Waals surface area contributed by atoms with Gasteiger partial charge in [0.15, 0.2) is 0 Å². The van der Waals surface area contributed by atoms with E-state index in [4.69, 9.17) is 16.6 Å². The van der Waals surface area contributed by atoms with Crippen molar-refractivity contribution in [3.8, 4) is 0 Å². The number of primary amides is 2. The Morgan fingerprint density at radius 2 is 0.630 bits per heavy atom. The minimum Gasteiger partial charge on any atom is -0.481 e. The van der Waals surface area contributed by atoms with Crippen LogP contribution in [0.2, 0.25) is 0 Å². The SMILES string of the molecule is CC(=O)N[C@H](CO)C(=O)N[C@H](CCC(=O)O)C(=O)N[C@H](CC(=O)O)C(=O)N[C@H](CCC(N)=O)C(=O)N[C@H](C)C(=O)N[C@H](CCC(=O)O)C(=O)N[C@H](CCC(=O)O)C(=O)N[C@H](CCC(=O)O)C(=O)N[C@H](C)C(N)=O. The van der Waals surface area contributed by atoms with Crippen molar-refractivity contribution >= 4 is 94.8 Å². The Balaban J connectivity index is 6.60. The second kappa shape index (κ2) is 32.4. The molecule has 0 bridgehead atoms. The maximum Gasteiger partial charge on any atom is 0.305 e. The second-order valence-electron chi connectivity index (χ2n) is 16.0. The van der Waals surface area contributed by atoms with E-state index in [1.54, 1.807) is 0 Å². The summed E-state index contributed by atoms with van der Waals surface area (Å²) in [6, 6.07) is -16.0. The van der Waals surface area contributed by atoms with Crippen LogP contribution in [-0.4, -0.2) is 186 Å². The Hall–Kier alpha value is -8.52. The maximum absolute atomic E-state index is 13.6. The lowest BCUT2D eigenvalue weighted by Gasteiger charge is -2.27. The molecule has 0 aromatic rings. The number of nitrogens with one attached hydrogen (secondary N) is 9. The highest BCUT2D eigenvalue weighted by Crippen LogP contribution is 2.09. The fraction of sp³-hybridized carbons (Fsp3) is 0.600. The van der Waals surface area contributed by atoms with Gasteiger partial charge in [0.05, 0.1) is 13.0 Å². The van der Waals surface area contributed by atoms with Crippen molar-refractivity contribution < 1.29 is 107 Å². The molecule has 33 nitrogen and oxygen atoms in total. The molecule has 0 saturated carbocycles. The largest absolute Gasteiger partial charge is 0.481 e. The van der Waals surface area contributed by atoms with Gasteiger partial charge in [-0.3, -0.25) is 76.7 Å². The topological polar surface area (TPSA) is 555 Å².